The summed E-state index contributed by atoms with van der Waals surface area (Å²) in [6.07, 6.45) is 0. The van der Waals surface area contributed by atoms with Gasteiger partial charge in [-0.2, -0.15) is 0 Å². The summed E-state index contributed by atoms with van der Waals surface area (Å²) < 4.78 is 0. The molecule has 2 aromatic rings. The van der Waals surface area contributed by atoms with Crippen LogP contribution in [0.25, 0.3) is 0 Å². The Bertz CT molecular complexity index is 703. The van der Waals surface area contributed by atoms with Crippen molar-refractivity contribution in [2.45, 2.75) is 52.6 Å². The van der Waals surface area contributed by atoms with Gasteiger partial charge in [-0.15, -0.1) is 35.3 Å². The van der Waals surface area contributed by atoms with Crippen molar-refractivity contribution in [3.8, 4) is 0 Å². The van der Waals surface area contributed by atoms with Crippen LogP contribution in [0.15, 0.2) is 34.6 Å². The minimum absolute atomic E-state index is 0. The van der Waals surface area contributed by atoms with Gasteiger partial charge in [-0.05, 0) is 25.0 Å². The third-order valence-corrected chi connectivity index (χ3v) is 4.81. The van der Waals surface area contributed by atoms with Crippen LogP contribution in [0.1, 0.15) is 55.6 Å². The van der Waals surface area contributed by atoms with E-state index in [0.717, 1.165) is 16.7 Å². The highest BCUT2D eigenvalue weighted by atomic mass is 127. The van der Waals surface area contributed by atoms with Gasteiger partial charge in [0.25, 0.3) is 0 Å². The number of aromatic nitrogens is 1. The predicted molar refractivity (Wildman–Crippen MR) is 119 cm³/mol. The van der Waals surface area contributed by atoms with E-state index in [1.54, 1.807) is 18.4 Å². The molecule has 0 radical (unpaired) electrons. The highest BCUT2D eigenvalue weighted by molar-refractivity contribution is 14.0. The van der Waals surface area contributed by atoms with Crippen molar-refractivity contribution < 1.29 is 0 Å². The van der Waals surface area contributed by atoms with E-state index in [1.165, 1.54) is 11.1 Å². The highest BCUT2D eigenvalue weighted by Crippen LogP contribution is 2.23. The Morgan fingerprint density at radius 3 is 2.52 bits per heavy atom. The lowest BCUT2D eigenvalue weighted by molar-refractivity contribution is 0.570. The second-order valence-corrected chi connectivity index (χ2v) is 7.97. The van der Waals surface area contributed by atoms with Gasteiger partial charge in [-0.25, -0.2) is 4.98 Å². The first kappa shape index (κ1) is 21.9. The molecule has 0 fully saturated rings. The second-order valence-electron chi connectivity index (χ2n) is 7.02. The summed E-state index contributed by atoms with van der Waals surface area (Å²) in [5.41, 5.74) is 3.79. The van der Waals surface area contributed by atoms with E-state index in [2.05, 4.69) is 79.9 Å². The van der Waals surface area contributed by atoms with Crippen molar-refractivity contribution in [2.75, 3.05) is 7.05 Å². The number of halogens is 1. The van der Waals surface area contributed by atoms with Crippen LogP contribution in [-0.4, -0.2) is 18.0 Å². The monoisotopic (exact) mass is 472 g/mol. The van der Waals surface area contributed by atoms with Crippen LogP contribution < -0.4 is 10.6 Å². The van der Waals surface area contributed by atoms with Gasteiger partial charge in [0.1, 0.15) is 5.01 Å². The Balaban J connectivity index is 0.00000312. The van der Waals surface area contributed by atoms with Gasteiger partial charge in [-0.3, -0.25) is 4.99 Å². The molecule has 0 aliphatic heterocycles. The summed E-state index contributed by atoms with van der Waals surface area (Å²) in [4.78, 5) is 9.04. The number of thiazole rings is 1. The number of guanidine groups is 1. The minimum atomic E-state index is 0. The molecule has 4 nitrogen and oxygen atoms in total. The molecule has 6 heteroatoms. The van der Waals surface area contributed by atoms with Gasteiger partial charge in [0.05, 0.1) is 18.3 Å². The van der Waals surface area contributed by atoms with Gasteiger partial charge < -0.3 is 10.6 Å². The molecule has 138 valence electrons. The zero-order valence-corrected chi connectivity index (χ0v) is 19.0. The molecule has 1 atom stereocenters. The van der Waals surface area contributed by atoms with Crippen molar-refractivity contribution in [3.63, 3.8) is 0 Å². The van der Waals surface area contributed by atoms with E-state index in [-0.39, 0.29) is 35.4 Å². The number of rotatable bonds is 4. The van der Waals surface area contributed by atoms with Crippen LogP contribution in [-0.2, 0) is 12.0 Å². The van der Waals surface area contributed by atoms with Crippen molar-refractivity contribution in [1.29, 1.82) is 0 Å². The third-order valence-electron chi connectivity index (χ3n) is 3.96. The topological polar surface area (TPSA) is 49.3 Å². The van der Waals surface area contributed by atoms with Crippen LogP contribution in [0, 0.1) is 6.92 Å². The third kappa shape index (κ3) is 6.26. The SMILES string of the molecule is CN=C(NCc1nc(C(C)(C)C)cs1)NC(C)c1ccccc1C.I. The van der Waals surface area contributed by atoms with E-state index in [9.17, 15) is 0 Å². The van der Waals surface area contributed by atoms with Crippen LogP contribution in [0.5, 0.6) is 0 Å². The molecule has 0 saturated carbocycles. The molecule has 1 unspecified atom stereocenters. The van der Waals surface area contributed by atoms with Crippen molar-refractivity contribution in [1.82, 2.24) is 15.6 Å². The zero-order valence-electron chi connectivity index (χ0n) is 15.9. The van der Waals surface area contributed by atoms with E-state index in [0.29, 0.717) is 6.54 Å². The van der Waals surface area contributed by atoms with Crippen LogP contribution >= 0.6 is 35.3 Å². The van der Waals surface area contributed by atoms with Gasteiger partial charge in [0, 0.05) is 17.8 Å². The normalized spacial score (nSPS) is 13.1. The molecular weight excluding hydrogens is 443 g/mol. The quantitative estimate of drug-likeness (QED) is 0.382. The molecule has 0 spiro atoms. The Kier molecular flexibility index (Phi) is 8.34. The number of nitrogens with zero attached hydrogens (tertiary/aromatic N) is 2. The Morgan fingerprint density at radius 2 is 1.96 bits per heavy atom. The fourth-order valence-corrected chi connectivity index (χ4v) is 3.41. The van der Waals surface area contributed by atoms with Gasteiger partial charge in [0.15, 0.2) is 5.96 Å². The zero-order chi connectivity index (χ0) is 17.7. The molecule has 2 N–H and O–H groups in total. The van der Waals surface area contributed by atoms with Crippen molar-refractivity contribution in [2.24, 2.45) is 4.99 Å². The van der Waals surface area contributed by atoms with Crippen LogP contribution in [0.2, 0.25) is 0 Å². The summed E-state index contributed by atoms with van der Waals surface area (Å²) in [7, 11) is 1.79. The molecule has 1 aromatic carbocycles. The lowest BCUT2D eigenvalue weighted by atomic mass is 9.93. The summed E-state index contributed by atoms with van der Waals surface area (Å²) in [6, 6.07) is 8.61. The van der Waals surface area contributed by atoms with E-state index < -0.39 is 0 Å². The van der Waals surface area contributed by atoms with Gasteiger partial charge in [0.2, 0.25) is 0 Å². The fraction of sp³-hybridized carbons (Fsp3) is 0.474. The molecule has 25 heavy (non-hydrogen) atoms. The Hall–Kier alpha value is -1.15. The predicted octanol–water partition coefficient (Wildman–Crippen LogP) is 4.79. The number of aliphatic imine (C=N–C) groups is 1. The van der Waals surface area contributed by atoms with E-state index in [1.807, 2.05) is 0 Å². The largest absolute Gasteiger partial charge is 0.350 e. The summed E-state index contributed by atoms with van der Waals surface area (Å²) in [5.74, 6) is 0.790. The van der Waals surface area contributed by atoms with Crippen LogP contribution in [0.3, 0.4) is 0 Å². The van der Waals surface area contributed by atoms with E-state index in [4.69, 9.17) is 4.98 Å². The lowest BCUT2D eigenvalue weighted by Crippen LogP contribution is -2.38. The molecule has 0 bridgehead atoms. The number of nitrogens with one attached hydrogen (secondary N) is 2. The summed E-state index contributed by atoms with van der Waals surface area (Å²) in [5, 5.41) is 10.0. The average molecular weight is 472 g/mol. The smallest absolute Gasteiger partial charge is 0.191 e. The molecule has 0 aliphatic rings. The summed E-state index contributed by atoms with van der Waals surface area (Å²) >= 11 is 1.69. The molecule has 0 aliphatic carbocycles. The molecule has 1 heterocycles. The first-order valence-electron chi connectivity index (χ1n) is 8.29. The maximum absolute atomic E-state index is 4.71. The maximum atomic E-state index is 4.71. The first-order valence-corrected chi connectivity index (χ1v) is 9.17. The lowest BCUT2D eigenvalue weighted by Gasteiger charge is -2.19. The standard InChI is InChI=1S/C19H28N4S.HI/c1-13-9-7-8-10-15(13)14(2)22-18(20-6)21-11-17-23-16(12-24-17)19(3,4)5;/h7-10,12,14H,11H2,1-6H3,(H2,20,21,22);1H. The Morgan fingerprint density at radius 1 is 1.28 bits per heavy atom. The second kappa shape index (κ2) is 9.52. The summed E-state index contributed by atoms with van der Waals surface area (Å²) in [6.45, 7) is 11.5. The fourth-order valence-electron chi connectivity index (χ4n) is 2.45. The molecule has 1 aromatic heterocycles. The average Bonchev–Trinajstić information content (AvgIpc) is 3.00. The van der Waals surface area contributed by atoms with Gasteiger partial charge >= 0.3 is 0 Å². The minimum Gasteiger partial charge on any atom is -0.350 e. The highest BCUT2D eigenvalue weighted by Gasteiger charge is 2.17. The Labute approximate surface area is 172 Å². The van der Waals surface area contributed by atoms with Gasteiger partial charge in [-0.1, -0.05) is 45.0 Å². The molecule has 2 rings (SSSR count). The number of benzene rings is 1. The molecular formula is C19H29IN4S. The maximum Gasteiger partial charge on any atom is 0.191 e. The molecule has 0 saturated heterocycles. The van der Waals surface area contributed by atoms with Crippen LogP contribution in [0.4, 0.5) is 0 Å². The number of hydrogen-bond donors (Lipinski definition) is 2. The van der Waals surface area contributed by atoms with Crippen molar-refractivity contribution >= 4 is 41.3 Å². The van der Waals surface area contributed by atoms with Crippen molar-refractivity contribution in [3.05, 3.63) is 51.5 Å². The number of aryl methyl sites for hydroxylation is 1. The molecule has 0 amide bonds. The van der Waals surface area contributed by atoms with E-state index >= 15 is 0 Å². The first-order chi connectivity index (χ1) is 11.3. The number of hydrogen-bond acceptors (Lipinski definition) is 3.